The highest BCUT2D eigenvalue weighted by atomic mass is 32.2. The Morgan fingerprint density at radius 1 is 1.03 bits per heavy atom. The summed E-state index contributed by atoms with van der Waals surface area (Å²) in [5.41, 5.74) is 3.29. The molecule has 2 aromatic carbocycles. The van der Waals surface area contributed by atoms with Crippen LogP contribution in [0.2, 0.25) is 0 Å². The van der Waals surface area contributed by atoms with E-state index in [0.29, 0.717) is 6.54 Å². The van der Waals surface area contributed by atoms with Gasteiger partial charge in [0, 0.05) is 5.56 Å². The van der Waals surface area contributed by atoms with Crippen LogP contribution in [0.3, 0.4) is 0 Å². The molecule has 0 N–H and O–H groups in total. The second-order valence-corrected chi connectivity index (χ2v) is 8.76. The van der Waals surface area contributed by atoms with Gasteiger partial charge < -0.3 is 4.42 Å². The Morgan fingerprint density at radius 2 is 1.97 bits per heavy atom. The van der Waals surface area contributed by atoms with Gasteiger partial charge in [0.15, 0.2) is 11.0 Å². The van der Waals surface area contributed by atoms with Gasteiger partial charge in [-0.2, -0.15) is 0 Å². The summed E-state index contributed by atoms with van der Waals surface area (Å²) in [7, 11) is 0. The molecule has 0 amide bonds. The minimum absolute atomic E-state index is 0.589. The first-order valence-electron chi connectivity index (χ1n) is 9.26. The molecule has 0 aliphatic carbocycles. The Labute approximate surface area is 176 Å². The number of furan rings is 1. The molecular formula is C22H18N4OS2. The molecular weight excluding hydrogens is 400 g/mol. The standard InChI is InChI=1S/C22H18N4OS2/c1-15-6-4-7-16(12-15)21-24-25-22(26(21)13-17-8-5-11-27-17)28-14-20-23-18-9-2-3-10-19(18)29-20/h2-12H,13-14H2,1H3. The quantitative estimate of drug-likeness (QED) is 0.326. The molecule has 0 spiro atoms. The first-order chi connectivity index (χ1) is 14.3. The number of aromatic nitrogens is 4. The highest BCUT2D eigenvalue weighted by molar-refractivity contribution is 7.98. The first-order valence-corrected chi connectivity index (χ1v) is 11.1. The van der Waals surface area contributed by atoms with Crippen LogP contribution >= 0.6 is 23.1 Å². The van der Waals surface area contributed by atoms with E-state index in [1.54, 1.807) is 29.4 Å². The van der Waals surface area contributed by atoms with Crippen LogP contribution in [0.5, 0.6) is 0 Å². The number of benzene rings is 2. The lowest BCUT2D eigenvalue weighted by atomic mass is 10.1. The topological polar surface area (TPSA) is 56.7 Å². The van der Waals surface area contributed by atoms with E-state index in [4.69, 9.17) is 9.40 Å². The van der Waals surface area contributed by atoms with Crippen LogP contribution in [0.25, 0.3) is 21.6 Å². The van der Waals surface area contributed by atoms with E-state index in [-0.39, 0.29) is 0 Å². The Hall–Kier alpha value is -2.90. The molecule has 0 aliphatic rings. The summed E-state index contributed by atoms with van der Waals surface area (Å²) in [5.74, 6) is 2.47. The summed E-state index contributed by atoms with van der Waals surface area (Å²) in [6.45, 7) is 2.67. The fourth-order valence-electron chi connectivity index (χ4n) is 3.20. The van der Waals surface area contributed by atoms with Crippen molar-refractivity contribution >= 4 is 33.3 Å². The smallest absolute Gasteiger partial charge is 0.192 e. The molecule has 7 heteroatoms. The molecule has 29 heavy (non-hydrogen) atoms. The van der Waals surface area contributed by atoms with Crippen molar-refractivity contribution in [2.75, 3.05) is 0 Å². The van der Waals surface area contributed by atoms with Crippen molar-refractivity contribution in [1.29, 1.82) is 0 Å². The normalized spacial score (nSPS) is 11.3. The first kappa shape index (κ1) is 18.1. The molecule has 0 aliphatic heterocycles. The van der Waals surface area contributed by atoms with Crippen LogP contribution in [-0.2, 0) is 12.3 Å². The lowest BCUT2D eigenvalue weighted by Crippen LogP contribution is -2.03. The van der Waals surface area contributed by atoms with Crippen molar-refractivity contribution in [3.05, 3.63) is 83.3 Å². The Bertz CT molecular complexity index is 1220. The third-order valence-corrected chi connectivity index (χ3v) is 6.75. The molecule has 0 fully saturated rings. The molecule has 0 saturated carbocycles. The van der Waals surface area contributed by atoms with E-state index < -0.39 is 0 Å². The predicted molar refractivity (Wildman–Crippen MR) is 117 cm³/mol. The number of nitrogens with zero attached hydrogens (tertiary/aromatic N) is 4. The molecule has 144 valence electrons. The van der Waals surface area contributed by atoms with Gasteiger partial charge in [-0.25, -0.2) is 4.98 Å². The number of thiazole rings is 1. The van der Waals surface area contributed by atoms with Crippen molar-refractivity contribution in [2.45, 2.75) is 24.4 Å². The molecule has 0 bridgehead atoms. The Morgan fingerprint density at radius 3 is 2.79 bits per heavy atom. The number of aryl methyl sites for hydroxylation is 1. The van der Waals surface area contributed by atoms with Crippen LogP contribution < -0.4 is 0 Å². The molecule has 0 atom stereocenters. The lowest BCUT2D eigenvalue weighted by molar-refractivity contribution is 0.485. The van der Waals surface area contributed by atoms with E-state index in [1.807, 2.05) is 30.3 Å². The van der Waals surface area contributed by atoms with Crippen LogP contribution in [-0.4, -0.2) is 19.7 Å². The summed E-state index contributed by atoms with van der Waals surface area (Å²) < 4.78 is 8.91. The molecule has 5 rings (SSSR count). The summed E-state index contributed by atoms with van der Waals surface area (Å²) in [6.07, 6.45) is 1.69. The maximum atomic E-state index is 5.58. The van der Waals surface area contributed by atoms with Crippen LogP contribution in [0.15, 0.2) is 76.5 Å². The molecule has 3 heterocycles. The minimum atomic E-state index is 0.589. The number of para-hydroxylation sites is 1. The fourth-order valence-corrected chi connectivity index (χ4v) is 5.10. The lowest BCUT2D eigenvalue weighted by Gasteiger charge is -2.09. The summed E-state index contributed by atoms with van der Waals surface area (Å²) >= 11 is 3.38. The largest absolute Gasteiger partial charge is 0.467 e. The Kier molecular flexibility index (Phi) is 4.91. The van der Waals surface area contributed by atoms with Crippen molar-refractivity contribution in [1.82, 2.24) is 19.7 Å². The third kappa shape index (κ3) is 3.83. The van der Waals surface area contributed by atoms with Crippen LogP contribution in [0, 0.1) is 6.92 Å². The van der Waals surface area contributed by atoms with Crippen molar-refractivity contribution in [3.8, 4) is 11.4 Å². The van der Waals surface area contributed by atoms with E-state index in [9.17, 15) is 0 Å². The molecule has 5 nitrogen and oxygen atoms in total. The number of thioether (sulfide) groups is 1. The van der Waals surface area contributed by atoms with Crippen molar-refractivity contribution < 1.29 is 4.42 Å². The highest BCUT2D eigenvalue weighted by Gasteiger charge is 2.17. The zero-order valence-corrected chi connectivity index (χ0v) is 17.4. The van der Waals surface area contributed by atoms with Gasteiger partial charge in [-0.05, 0) is 37.3 Å². The van der Waals surface area contributed by atoms with Gasteiger partial charge in [-0.3, -0.25) is 4.57 Å². The van der Waals surface area contributed by atoms with Crippen molar-refractivity contribution in [3.63, 3.8) is 0 Å². The van der Waals surface area contributed by atoms with E-state index in [0.717, 1.165) is 38.6 Å². The van der Waals surface area contributed by atoms with Crippen molar-refractivity contribution in [2.24, 2.45) is 0 Å². The molecule has 0 radical (unpaired) electrons. The molecule has 0 unspecified atom stereocenters. The third-order valence-electron chi connectivity index (χ3n) is 4.55. The summed E-state index contributed by atoms with van der Waals surface area (Å²) in [5, 5.41) is 10.9. The molecule has 0 saturated heterocycles. The second-order valence-electron chi connectivity index (χ2n) is 6.71. The monoisotopic (exact) mass is 418 g/mol. The fraction of sp³-hybridized carbons (Fsp3) is 0.136. The number of fused-ring (bicyclic) bond motifs is 1. The predicted octanol–water partition coefficient (Wildman–Crippen LogP) is 5.80. The van der Waals surface area contributed by atoms with Gasteiger partial charge >= 0.3 is 0 Å². The van der Waals surface area contributed by atoms with E-state index in [1.165, 1.54) is 10.3 Å². The number of hydrogen-bond donors (Lipinski definition) is 0. The van der Waals surface area contributed by atoms with Crippen LogP contribution in [0.4, 0.5) is 0 Å². The maximum Gasteiger partial charge on any atom is 0.192 e. The minimum Gasteiger partial charge on any atom is -0.467 e. The molecule has 3 aromatic heterocycles. The van der Waals surface area contributed by atoms with Gasteiger partial charge in [0.25, 0.3) is 0 Å². The van der Waals surface area contributed by atoms with Gasteiger partial charge in [-0.15, -0.1) is 21.5 Å². The summed E-state index contributed by atoms with van der Waals surface area (Å²) in [6, 6.07) is 20.4. The maximum absolute atomic E-state index is 5.58. The van der Waals surface area contributed by atoms with E-state index in [2.05, 4.69) is 52.0 Å². The molecule has 5 aromatic rings. The summed E-state index contributed by atoms with van der Waals surface area (Å²) in [4.78, 5) is 4.73. The SMILES string of the molecule is Cc1cccc(-c2nnc(SCc3nc4ccccc4s3)n2Cc2ccco2)c1. The number of rotatable bonds is 6. The number of hydrogen-bond acceptors (Lipinski definition) is 6. The average molecular weight is 419 g/mol. The highest BCUT2D eigenvalue weighted by Crippen LogP contribution is 2.30. The van der Waals surface area contributed by atoms with Gasteiger partial charge in [-0.1, -0.05) is 47.7 Å². The van der Waals surface area contributed by atoms with Gasteiger partial charge in [0.2, 0.25) is 0 Å². The second kappa shape index (κ2) is 7.85. The van der Waals surface area contributed by atoms with Gasteiger partial charge in [0.1, 0.15) is 10.8 Å². The van der Waals surface area contributed by atoms with Gasteiger partial charge in [0.05, 0.1) is 28.8 Å². The van der Waals surface area contributed by atoms with Crippen LogP contribution in [0.1, 0.15) is 16.3 Å². The zero-order chi connectivity index (χ0) is 19.6. The zero-order valence-electron chi connectivity index (χ0n) is 15.8. The van der Waals surface area contributed by atoms with E-state index >= 15 is 0 Å². The average Bonchev–Trinajstić information content (AvgIpc) is 3.46. The Balaban J connectivity index is 1.46.